The van der Waals surface area contributed by atoms with Crippen molar-refractivity contribution in [2.75, 3.05) is 0 Å². The van der Waals surface area contributed by atoms with Crippen molar-refractivity contribution in [2.24, 2.45) is 0 Å². The number of rotatable bonds is 2. The second kappa shape index (κ2) is 5.07. The van der Waals surface area contributed by atoms with Gasteiger partial charge in [-0.25, -0.2) is 0 Å². The number of benzene rings is 2. The maximum atomic E-state index is 12.4. The van der Waals surface area contributed by atoms with Crippen LogP contribution < -0.4 is 4.74 Å². The van der Waals surface area contributed by atoms with Crippen LogP contribution in [0.15, 0.2) is 36.4 Å². The molecule has 0 bridgehead atoms. The van der Waals surface area contributed by atoms with Crippen LogP contribution in [0.25, 0.3) is 11.1 Å². The lowest BCUT2D eigenvalue weighted by molar-refractivity contribution is -0.274. The smallest absolute Gasteiger partial charge is 0.507 e. The van der Waals surface area contributed by atoms with Crippen LogP contribution in [0.5, 0.6) is 11.5 Å². The highest BCUT2D eigenvalue weighted by molar-refractivity contribution is 5.72. The third kappa shape index (κ3) is 3.04. The average molecular weight is 282 g/mol. The summed E-state index contributed by atoms with van der Waals surface area (Å²) in [5.74, 6) is -0.118. The summed E-state index contributed by atoms with van der Waals surface area (Å²) in [6.07, 6.45) is -4.74. The largest absolute Gasteiger partial charge is 0.573 e. The molecule has 2 aromatic carbocycles. The number of ether oxygens (including phenoxy) is 1. The molecular formula is C15H13F3O2. The fourth-order valence-electron chi connectivity index (χ4n) is 2.03. The molecule has 0 saturated carbocycles. The van der Waals surface area contributed by atoms with Crippen molar-refractivity contribution < 1.29 is 23.0 Å². The third-order valence-electron chi connectivity index (χ3n) is 2.91. The van der Waals surface area contributed by atoms with E-state index in [-0.39, 0.29) is 11.5 Å². The number of hydrogen-bond acceptors (Lipinski definition) is 2. The lowest BCUT2D eigenvalue weighted by Gasteiger charge is -2.14. The predicted molar refractivity (Wildman–Crippen MR) is 69.7 cm³/mol. The number of aromatic hydroxyl groups is 1. The van der Waals surface area contributed by atoms with E-state index >= 15 is 0 Å². The highest BCUT2D eigenvalue weighted by Crippen LogP contribution is 2.36. The molecule has 0 aliphatic heterocycles. The lowest BCUT2D eigenvalue weighted by atomic mass is 9.99. The molecule has 0 aromatic heterocycles. The molecule has 0 saturated heterocycles. The van der Waals surface area contributed by atoms with Gasteiger partial charge in [0.1, 0.15) is 11.5 Å². The molecule has 0 spiro atoms. The van der Waals surface area contributed by atoms with Gasteiger partial charge in [0.05, 0.1) is 0 Å². The molecule has 0 amide bonds. The minimum atomic E-state index is -4.74. The van der Waals surface area contributed by atoms with E-state index in [2.05, 4.69) is 4.74 Å². The summed E-state index contributed by atoms with van der Waals surface area (Å²) in [5.41, 5.74) is 2.09. The van der Waals surface area contributed by atoms with Crippen molar-refractivity contribution in [1.29, 1.82) is 0 Å². The van der Waals surface area contributed by atoms with Crippen LogP contribution in [-0.4, -0.2) is 11.5 Å². The summed E-state index contributed by atoms with van der Waals surface area (Å²) < 4.78 is 41.2. The third-order valence-corrected chi connectivity index (χ3v) is 2.91. The topological polar surface area (TPSA) is 29.5 Å². The van der Waals surface area contributed by atoms with E-state index < -0.39 is 6.36 Å². The Morgan fingerprint density at radius 1 is 1.00 bits per heavy atom. The molecule has 0 atom stereocenters. The van der Waals surface area contributed by atoms with Gasteiger partial charge < -0.3 is 9.84 Å². The first-order valence-electron chi connectivity index (χ1n) is 5.93. The Bertz CT molecular complexity index is 610. The SMILES string of the molecule is Cc1cc(-c2ccccc2OC(F)(F)F)cc(C)c1O. The molecule has 1 N–H and O–H groups in total. The molecule has 5 heteroatoms. The van der Waals surface area contributed by atoms with E-state index in [0.717, 1.165) is 0 Å². The molecule has 106 valence electrons. The van der Waals surface area contributed by atoms with E-state index in [1.54, 1.807) is 38.1 Å². The van der Waals surface area contributed by atoms with Crippen LogP contribution >= 0.6 is 0 Å². The van der Waals surface area contributed by atoms with Crippen molar-refractivity contribution >= 4 is 0 Å². The van der Waals surface area contributed by atoms with Gasteiger partial charge in [-0.1, -0.05) is 18.2 Å². The van der Waals surface area contributed by atoms with Crippen LogP contribution in [0.1, 0.15) is 11.1 Å². The minimum absolute atomic E-state index is 0.142. The summed E-state index contributed by atoms with van der Waals surface area (Å²) in [6.45, 7) is 3.39. The van der Waals surface area contributed by atoms with Gasteiger partial charge in [0, 0.05) is 5.56 Å². The van der Waals surface area contributed by atoms with Gasteiger partial charge in [-0.05, 0) is 48.7 Å². The van der Waals surface area contributed by atoms with Crippen molar-refractivity contribution in [1.82, 2.24) is 0 Å². The Kier molecular flexibility index (Phi) is 3.61. The molecule has 20 heavy (non-hydrogen) atoms. The van der Waals surface area contributed by atoms with Crippen molar-refractivity contribution in [3.63, 3.8) is 0 Å². The van der Waals surface area contributed by atoms with Crippen LogP contribution in [0.4, 0.5) is 13.2 Å². The molecule has 2 rings (SSSR count). The van der Waals surface area contributed by atoms with Gasteiger partial charge in [0.25, 0.3) is 0 Å². The fourth-order valence-corrected chi connectivity index (χ4v) is 2.03. The van der Waals surface area contributed by atoms with Gasteiger partial charge in [-0.2, -0.15) is 0 Å². The number of hydrogen-bond donors (Lipinski definition) is 1. The van der Waals surface area contributed by atoms with Crippen LogP contribution in [0.3, 0.4) is 0 Å². The number of halogens is 3. The zero-order valence-electron chi connectivity index (χ0n) is 11.0. The van der Waals surface area contributed by atoms with Gasteiger partial charge in [-0.3, -0.25) is 0 Å². The van der Waals surface area contributed by atoms with Crippen molar-refractivity contribution in [3.05, 3.63) is 47.5 Å². The quantitative estimate of drug-likeness (QED) is 0.874. The Labute approximate surface area is 114 Å². The molecular weight excluding hydrogens is 269 g/mol. The normalized spacial score (nSPS) is 11.4. The first kappa shape index (κ1) is 14.2. The highest BCUT2D eigenvalue weighted by Gasteiger charge is 2.32. The molecule has 0 unspecified atom stereocenters. The van der Waals surface area contributed by atoms with Crippen LogP contribution in [-0.2, 0) is 0 Å². The monoisotopic (exact) mass is 282 g/mol. The van der Waals surface area contributed by atoms with Gasteiger partial charge in [0.15, 0.2) is 0 Å². The van der Waals surface area contributed by atoms with E-state index in [0.29, 0.717) is 22.3 Å². The zero-order valence-corrected chi connectivity index (χ0v) is 11.0. The molecule has 2 nitrogen and oxygen atoms in total. The molecule has 0 radical (unpaired) electrons. The summed E-state index contributed by atoms with van der Waals surface area (Å²) >= 11 is 0. The van der Waals surface area contributed by atoms with Crippen LogP contribution in [0.2, 0.25) is 0 Å². The summed E-state index contributed by atoms with van der Waals surface area (Å²) in [7, 11) is 0. The van der Waals surface area contributed by atoms with E-state index in [1.165, 1.54) is 12.1 Å². The Morgan fingerprint density at radius 2 is 1.55 bits per heavy atom. The number of phenols is 1. The maximum Gasteiger partial charge on any atom is 0.573 e. The molecule has 0 aliphatic rings. The molecule has 2 aromatic rings. The average Bonchev–Trinajstić information content (AvgIpc) is 2.34. The number of aryl methyl sites for hydroxylation is 2. The molecule has 0 fully saturated rings. The summed E-state index contributed by atoms with van der Waals surface area (Å²) in [5, 5.41) is 9.72. The number of phenolic OH excluding ortho intramolecular Hbond substituents is 1. The maximum absolute atomic E-state index is 12.4. The predicted octanol–water partition coefficient (Wildman–Crippen LogP) is 4.57. The lowest BCUT2D eigenvalue weighted by Crippen LogP contribution is -2.17. The highest BCUT2D eigenvalue weighted by atomic mass is 19.4. The number of alkyl halides is 3. The first-order chi connectivity index (χ1) is 9.28. The standard InChI is InChI=1S/C15H13F3O2/c1-9-7-11(8-10(2)14(9)19)12-5-3-4-6-13(12)20-15(16,17)18/h3-8,19H,1-2H3. The second-order valence-corrected chi connectivity index (χ2v) is 4.50. The van der Waals surface area contributed by atoms with Crippen molar-refractivity contribution in [3.8, 4) is 22.6 Å². The first-order valence-corrected chi connectivity index (χ1v) is 5.93. The fraction of sp³-hybridized carbons (Fsp3) is 0.200. The molecule has 0 aliphatic carbocycles. The van der Waals surface area contributed by atoms with Gasteiger partial charge in [0.2, 0.25) is 0 Å². The Balaban J connectivity index is 2.53. The second-order valence-electron chi connectivity index (χ2n) is 4.50. The summed E-state index contributed by atoms with van der Waals surface area (Å²) in [6, 6.07) is 9.18. The Morgan fingerprint density at radius 3 is 2.10 bits per heavy atom. The van der Waals surface area contributed by atoms with Crippen molar-refractivity contribution in [2.45, 2.75) is 20.2 Å². The van der Waals surface area contributed by atoms with E-state index in [4.69, 9.17) is 0 Å². The molecule has 0 heterocycles. The zero-order chi connectivity index (χ0) is 14.9. The minimum Gasteiger partial charge on any atom is -0.507 e. The van der Waals surface area contributed by atoms with E-state index in [1.807, 2.05) is 0 Å². The van der Waals surface area contributed by atoms with Crippen LogP contribution in [0, 0.1) is 13.8 Å². The summed E-state index contributed by atoms with van der Waals surface area (Å²) in [4.78, 5) is 0. The van der Waals surface area contributed by atoms with E-state index in [9.17, 15) is 18.3 Å². The van der Waals surface area contributed by atoms with Gasteiger partial charge >= 0.3 is 6.36 Å². The van der Waals surface area contributed by atoms with Gasteiger partial charge in [-0.15, -0.1) is 13.2 Å². The Hall–Kier alpha value is -2.17. The number of para-hydroxylation sites is 1.